The maximum absolute atomic E-state index is 5.58. The fourth-order valence-corrected chi connectivity index (χ4v) is 3.87. The Morgan fingerprint density at radius 1 is 1.43 bits per heavy atom. The number of nitrogens with one attached hydrogen (secondary N) is 1. The molecule has 0 unspecified atom stereocenters. The largest absolute Gasteiger partial charge is 0.308 e. The van der Waals surface area contributed by atoms with Crippen LogP contribution in [0, 0.1) is 0 Å². The summed E-state index contributed by atoms with van der Waals surface area (Å²) in [5, 5.41) is 5.06. The van der Waals surface area contributed by atoms with Crippen molar-refractivity contribution in [1.29, 1.82) is 0 Å². The Labute approximate surface area is 128 Å². The van der Waals surface area contributed by atoms with E-state index in [1.807, 2.05) is 18.8 Å². The molecule has 3 heterocycles. The highest BCUT2D eigenvalue weighted by atomic mass is 32.2. The normalized spacial score (nSPS) is 19.0. The molecule has 0 spiro atoms. The first-order valence-electron chi connectivity index (χ1n) is 7.00. The van der Waals surface area contributed by atoms with E-state index < -0.39 is 0 Å². The molecule has 7 nitrogen and oxygen atoms in total. The summed E-state index contributed by atoms with van der Waals surface area (Å²) < 4.78 is 2.03. The first-order chi connectivity index (χ1) is 9.98. The van der Waals surface area contributed by atoms with Crippen molar-refractivity contribution in [2.75, 3.05) is 24.3 Å². The fraction of sp³-hybridized carbons (Fsp3) is 0.615. The number of anilines is 1. The van der Waals surface area contributed by atoms with E-state index in [1.165, 1.54) is 0 Å². The molecule has 0 atom stereocenters. The van der Waals surface area contributed by atoms with Gasteiger partial charge in [-0.25, -0.2) is 15.8 Å². The monoisotopic (exact) mass is 307 g/mol. The minimum absolute atomic E-state index is 0.282. The number of aromatic nitrogens is 4. The van der Waals surface area contributed by atoms with E-state index >= 15 is 0 Å². The van der Waals surface area contributed by atoms with Gasteiger partial charge < -0.3 is 5.43 Å². The van der Waals surface area contributed by atoms with Crippen LogP contribution < -0.4 is 11.3 Å². The molecule has 114 valence electrons. The van der Waals surface area contributed by atoms with E-state index in [2.05, 4.69) is 39.2 Å². The van der Waals surface area contributed by atoms with E-state index in [0.29, 0.717) is 5.82 Å². The number of rotatable bonds is 3. The van der Waals surface area contributed by atoms with E-state index in [1.54, 1.807) is 10.9 Å². The zero-order chi connectivity index (χ0) is 15.0. The van der Waals surface area contributed by atoms with Gasteiger partial charge in [0.15, 0.2) is 11.5 Å². The van der Waals surface area contributed by atoms with Gasteiger partial charge in [0.25, 0.3) is 0 Å². The maximum atomic E-state index is 5.58. The SMILES string of the molecule is Cn1ncc2c(NN)nc(CN3CCSC(C)(C)C3)nc21. The molecule has 3 N–H and O–H groups in total. The molecule has 1 fully saturated rings. The van der Waals surface area contributed by atoms with Crippen LogP contribution in [0.4, 0.5) is 5.82 Å². The highest BCUT2D eigenvalue weighted by molar-refractivity contribution is 8.00. The smallest absolute Gasteiger partial charge is 0.163 e. The molecule has 0 amide bonds. The first kappa shape index (κ1) is 14.6. The topological polar surface area (TPSA) is 84.9 Å². The zero-order valence-corrected chi connectivity index (χ0v) is 13.4. The van der Waals surface area contributed by atoms with Crippen LogP contribution in [0.5, 0.6) is 0 Å². The summed E-state index contributed by atoms with van der Waals surface area (Å²) in [5.74, 6) is 8.13. The summed E-state index contributed by atoms with van der Waals surface area (Å²) in [5.41, 5.74) is 3.45. The highest BCUT2D eigenvalue weighted by Crippen LogP contribution is 2.30. The molecule has 1 saturated heterocycles. The van der Waals surface area contributed by atoms with Gasteiger partial charge in [-0.15, -0.1) is 0 Å². The van der Waals surface area contributed by atoms with Gasteiger partial charge in [-0.05, 0) is 13.8 Å². The zero-order valence-electron chi connectivity index (χ0n) is 12.6. The van der Waals surface area contributed by atoms with Crippen molar-refractivity contribution in [3.63, 3.8) is 0 Å². The predicted octanol–water partition coefficient (Wildman–Crippen LogP) is 0.976. The average Bonchev–Trinajstić information content (AvgIpc) is 2.79. The van der Waals surface area contributed by atoms with Crippen molar-refractivity contribution in [2.24, 2.45) is 12.9 Å². The lowest BCUT2D eigenvalue weighted by Crippen LogP contribution is -2.42. The van der Waals surface area contributed by atoms with Crippen molar-refractivity contribution >= 4 is 28.6 Å². The van der Waals surface area contributed by atoms with Gasteiger partial charge >= 0.3 is 0 Å². The minimum Gasteiger partial charge on any atom is -0.308 e. The molecule has 2 aromatic rings. The summed E-state index contributed by atoms with van der Waals surface area (Å²) in [6.45, 7) is 7.39. The summed E-state index contributed by atoms with van der Waals surface area (Å²) in [4.78, 5) is 11.6. The third-order valence-corrected chi connectivity index (χ3v) is 4.94. The van der Waals surface area contributed by atoms with Crippen LogP contribution in [0.2, 0.25) is 0 Å². The summed E-state index contributed by atoms with van der Waals surface area (Å²) >= 11 is 2.02. The standard InChI is InChI=1S/C13H21N7S/c1-13(2)8-20(4-5-21-13)7-10-16-11(18-14)9-6-15-19(3)12(9)17-10/h6H,4-5,7-8,14H2,1-3H3,(H,16,17,18). The third-order valence-electron chi connectivity index (χ3n) is 3.64. The van der Waals surface area contributed by atoms with E-state index in [0.717, 1.165) is 42.2 Å². The molecule has 0 bridgehead atoms. The number of nitrogen functional groups attached to an aromatic ring is 1. The van der Waals surface area contributed by atoms with Crippen molar-refractivity contribution in [3.8, 4) is 0 Å². The van der Waals surface area contributed by atoms with Crippen molar-refractivity contribution in [2.45, 2.75) is 25.1 Å². The van der Waals surface area contributed by atoms with Crippen LogP contribution in [0.3, 0.4) is 0 Å². The number of fused-ring (bicyclic) bond motifs is 1. The molecule has 8 heteroatoms. The lowest BCUT2D eigenvalue weighted by Gasteiger charge is -2.37. The van der Waals surface area contributed by atoms with Crippen LogP contribution in [-0.2, 0) is 13.6 Å². The van der Waals surface area contributed by atoms with Gasteiger partial charge in [0.2, 0.25) is 0 Å². The van der Waals surface area contributed by atoms with Gasteiger partial charge in [-0.1, -0.05) is 0 Å². The molecule has 1 aliphatic rings. The van der Waals surface area contributed by atoms with Crippen LogP contribution in [-0.4, -0.2) is 48.2 Å². The number of hydrogen-bond donors (Lipinski definition) is 2. The minimum atomic E-state index is 0.282. The quantitative estimate of drug-likeness (QED) is 0.645. The highest BCUT2D eigenvalue weighted by Gasteiger charge is 2.27. The van der Waals surface area contributed by atoms with E-state index in [9.17, 15) is 0 Å². The second kappa shape index (κ2) is 5.43. The Morgan fingerprint density at radius 2 is 2.24 bits per heavy atom. The summed E-state index contributed by atoms with van der Waals surface area (Å²) in [7, 11) is 1.88. The molecule has 2 aromatic heterocycles. The molecule has 0 saturated carbocycles. The predicted molar refractivity (Wildman–Crippen MR) is 85.9 cm³/mol. The van der Waals surface area contributed by atoms with Crippen LogP contribution in [0.1, 0.15) is 19.7 Å². The molecule has 3 rings (SSSR count). The van der Waals surface area contributed by atoms with Crippen molar-refractivity contribution < 1.29 is 0 Å². The second-order valence-electron chi connectivity index (χ2n) is 5.96. The number of aryl methyl sites for hydroxylation is 1. The Kier molecular flexibility index (Phi) is 3.76. The average molecular weight is 307 g/mol. The second-order valence-corrected chi connectivity index (χ2v) is 7.76. The van der Waals surface area contributed by atoms with Gasteiger partial charge in [0.05, 0.1) is 18.1 Å². The van der Waals surface area contributed by atoms with Crippen LogP contribution >= 0.6 is 11.8 Å². The summed E-state index contributed by atoms with van der Waals surface area (Å²) in [6.07, 6.45) is 1.73. The van der Waals surface area contributed by atoms with Crippen molar-refractivity contribution in [3.05, 3.63) is 12.0 Å². The maximum Gasteiger partial charge on any atom is 0.163 e. The molecule has 1 aliphatic heterocycles. The van der Waals surface area contributed by atoms with Crippen LogP contribution in [0.15, 0.2) is 6.20 Å². The Balaban J connectivity index is 1.88. The first-order valence-corrected chi connectivity index (χ1v) is 7.98. The number of thioether (sulfide) groups is 1. The molecular formula is C13H21N7S. The van der Waals surface area contributed by atoms with Crippen LogP contribution in [0.25, 0.3) is 11.0 Å². The Hall–Kier alpha value is -1.38. The number of nitrogens with zero attached hydrogens (tertiary/aromatic N) is 5. The fourth-order valence-electron chi connectivity index (χ4n) is 2.70. The lowest BCUT2D eigenvalue weighted by atomic mass is 10.2. The number of hydrazine groups is 1. The van der Waals surface area contributed by atoms with Gasteiger partial charge in [-0.3, -0.25) is 9.58 Å². The third kappa shape index (κ3) is 2.97. The van der Waals surface area contributed by atoms with Crippen molar-refractivity contribution in [1.82, 2.24) is 24.6 Å². The van der Waals surface area contributed by atoms with E-state index in [4.69, 9.17) is 5.84 Å². The number of nitrogens with two attached hydrogens (primary N) is 1. The molecule has 21 heavy (non-hydrogen) atoms. The Morgan fingerprint density at radius 3 is 2.95 bits per heavy atom. The van der Waals surface area contributed by atoms with Gasteiger partial charge in [0, 0.05) is 30.6 Å². The molecule has 0 radical (unpaired) electrons. The molecular weight excluding hydrogens is 286 g/mol. The summed E-state index contributed by atoms with van der Waals surface area (Å²) in [6, 6.07) is 0. The number of hydrogen-bond acceptors (Lipinski definition) is 7. The van der Waals surface area contributed by atoms with Gasteiger partial charge in [-0.2, -0.15) is 16.9 Å². The van der Waals surface area contributed by atoms with E-state index in [-0.39, 0.29) is 4.75 Å². The Bertz CT molecular complexity index is 651. The lowest BCUT2D eigenvalue weighted by molar-refractivity contribution is 0.247. The molecule has 0 aliphatic carbocycles. The molecule has 0 aromatic carbocycles. The van der Waals surface area contributed by atoms with Gasteiger partial charge in [0.1, 0.15) is 5.82 Å².